The van der Waals surface area contributed by atoms with Crippen LogP contribution in [0.15, 0.2) is 0 Å². The van der Waals surface area contributed by atoms with Crippen molar-refractivity contribution in [3.05, 3.63) is 0 Å². The fraction of sp³-hybridized carbons (Fsp3) is 0.857. The summed E-state index contributed by atoms with van der Waals surface area (Å²) in [4.78, 5) is 11.2. The molecule has 0 aromatic rings. The summed E-state index contributed by atoms with van der Waals surface area (Å²) >= 11 is 0. The molecule has 0 bridgehead atoms. The summed E-state index contributed by atoms with van der Waals surface area (Å²) in [6.07, 6.45) is 0.899. The Morgan fingerprint density at radius 2 is 2.31 bits per heavy atom. The van der Waals surface area contributed by atoms with Gasteiger partial charge in [-0.05, 0) is 12.8 Å². The lowest BCUT2D eigenvalue weighted by Gasteiger charge is -2.06. The van der Waals surface area contributed by atoms with Crippen LogP contribution in [0.3, 0.4) is 0 Å². The monoisotopic (exact) mass is 206 g/mol. The summed E-state index contributed by atoms with van der Waals surface area (Å²) < 4.78 is 34.2. The van der Waals surface area contributed by atoms with E-state index in [0.717, 1.165) is 0 Å². The molecule has 5 nitrogen and oxygen atoms in total. The normalized spacial score (nSPS) is 37.0. The zero-order chi connectivity index (χ0) is 9.69. The maximum Gasteiger partial charge on any atom is 0.312 e. The van der Waals surface area contributed by atoms with Gasteiger partial charge in [-0.25, -0.2) is 0 Å². The van der Waals surface area contributed by atoms with Crippen molar-refractivity contribution in [2.24, 2.45) is 11.3 Å². The molecule has 0 amide bonds. The largest absolute Gasteiger partial charge is 0.465 e. The van der Waals surface area contributed by atoms with Gasteiger partial charge in [0.2, 0.25) is 0 Å². The van der Waals surface area contributed by atoms with Crippen molar-refractivity contribution in [2.45, 2.75) is 12.8 Å². The van der Waals surface area contributed by atoms with Gasteiger partial charge in [0.15, 0.2) is 0 Å². The molecule has 74 valence electrons. The first-order valence-corrected chi connectivity index (χ1v) is 5.67. The molecule has 2 rings (SSSR count). The zero-order valence-corrected chi connectivity index (χ0v) is 7.71. The maximum atomic E-state index is 11.2. The van der Waals surface area contributed by atoms with Crippen LogP contribution < -0.4 is 0 Å². The molecule has 0 aromatic heterocycles. The molecule has 1 aliphatic carbocycles. The van der Waals surface area contributed by atoms with Crippen LogP contribution in [0.25, 0.3) is 0 Å². The number of hydrogen-bond donors (Lipinski definition) is 1. The number of ether oxygens (including phenoxy) is 1. The first kappa shape index (κ1) is 8.96. The van der Waals surface area contributed by atoms with Crippen molar-refractivity contribution in [3.63, 3.8) is 0 Å². The average Bonchev–Trinajstić information content (AvgIpc) is 2.64. The second-order valence-corrected chi connectivity index (χ2v) is 5.26. The number of cyclic esters (lactones) is 1. The van der Waals surface area contributed by atoms with Gasteiger partial charge < -0.3 is 4.74 Å². The summed E-state index contributed by atoms with van der Waals surface area (Å²) in [5.41, 5.74) is -0.574. The smallest absolute Gasteiger partial charge is 0.312 e. The van der Waals surface area contributed by atoms with Crippen molar-refractivity contribution < 1.29 is 22.5 Å². The van der Waals surface area contributed by atoms with E-state index in [9.17, 15) is 13.2 Å². The standard InChI is InChI=1S/C7H10O5S/c8-6-7(1-2-13(9,10)11)3-5(7)4-12-6/h5H,1-4H2,(H,9,10,11). The van der Waals surface area contributed by atoms with Gasteiger partial charge in [-0.15, -0.1) is 0 Å². The maximum absolute atomic E-state index is 11.2. The van der Waals surface area contributed by atoms with E-state index in [4.69, 9.17) is 9.29 Å². The lowest BCUT2D eigenvalue weighted by atomic mass is 10.0. The van der Waals surface area contributed by atoms with Crippen LogP contribution in [-0.4, -0.2) is 31.3 Å². The SMILES string of the molecule is O=C1OCC2CC12CCS(=O)(=O)O. The van der Waals surface area contributed by atoms with E-state index >= 15 is 0 Å². The third-order valence-corrected chi connectivity index (χ3v) is 3.58. The molecule has 0 spiro atoms. The van der Waals surface area contributed by atoms with Crippen molar-refractivity contribution in [3.8, 4) is 0 Å². The topological polar surface area (TPSA) is 80.7 Å². The van der Waals surface area contributed by atoms with Crippen LogP contribution in [0.4, 0.5) is 0 Å². The van der Waals surface area contributed by atoms with Gasteiger partial charge in [0.25, 0.3) is 10.1 Å². The van der Waals surface area contributed by atoms with Crippen molar-refractivity contribution >= 4 is 16.1 Å². The Kier molecular flexibility index (Phi) is 1.69. The van der Waals surface area contributed by atoms with E-state index in [0.29, 0.717) is 13.0 Å². The summed E-state index contributed by atoms with van der Waals surface area (Å²) in [5, 5.41) is 0. The first-order valence-electron chi connectivity index (χ1n) is 4.06. The van der Waals surface area contributed by atoms with E-state index in [1.165, 1.54) is 0 Å². The predicted molar refractivity (Wildman–Crippen MR) is 42.5 cm³/mol. The Morgan fingerprint density at radius 3 is 2.69 bits per heavy atom. The molecule has 1 saturated heterocycles. The number of esters is 1. The molecule has 6 heteroatoms. The van der Waals surface area contributed by atoms with Crippen molar-refractivity contribution in [2.75, 3.05) is 12.4 Å². The molecule has 1 heterocycles. The minimum Gasteiger partial charge on any atom is -0.465 e. The van der Waals surface area contributed by atoms with Crippen molar-refractivity contribution in [1.29, 1.82) is 0 Å². The molecule has 1 aliphatic heterocycles. The molecule has 0 aromatic carbocycles. The highest BCUT2D eigenvalue weighted by Crippen LogP contribution is 2.60. The van der Waals surface area contributed by atoms with Gasteiger partial charge in [0, 0.05) is 5.92 Å². The molecule has 13 heavy (non-hydrogen) atoms. The first-order chi connectivity index (χ1) is 5.94. The number of hydrogen-bond acceptors (Lipinski definition) is 4. The highest BCUT2D eigenvalue weighted by molar-refractivity contribution is 7.85. The third-order valence-electron chi connectivity index (χ3n) is 2.86. The highest BCUT2D eigenvalue weighted by atomic mass is 32.2. The predicted octanol–water partition coefficient (Wildman–Crippen LogP) is -0.173. The number of rotatable bonds is 3. The van der Waals surface area contributed by atoms with E-state index in [1.807, 2.05) is 0 Å². The fourth-order valence-electron chi connectivity index (χ4n) is 1.89. The molecular formula is C7H10O5S. The molecule has 1 saturated carbocycles. The van der Waals surface area contributed by atoms with Gasteiger partial charge in [-0.3, -0.25) is 9.35 Å². The number of carbonyl (C=O) groups excluding carboxylic acids is 1. The van der Waals surface area contributed by atoms with Crippen LogP contribution in [0.5, 0.6) is 0 Å². The summed E-state index contributed by atoms with van der Waals surface area (Å²) in [5.74, 6) is -0.471. The molecule has 2 fully saturated rings. The molecular weight excluding hydrogens is 196 g/mol. The Morgan fingerprint density at radius 1 is 1.62 bits per heavy atom. The van der Waals surface area contributed by atoms with Crippen molar-refractivity contribution in [1.82, 2.24) is 0 Å². The second-order valence-electron chi connectivity index (χ2n) is 3.69. The van der Waals surface area contributed by atoms with Gasteiger partial charge in [-0.1, -0.05) is 0 Å². The van der Waals surface area contributed by atoms with Gasteiger partial charge >= 0.3 is 5.97 Å². The Balaban J connectivity index is 2.00. The highest BCUT2D eigenvalue weighted by Gasteiger charge is 2.65. The van der Waals surface area contributed by atoms with E-state index in [-0.39, 0.29) is 24.1 Å². The molecule has 0 radical (unpaired) electrons. The molecule has 1 N–H and O–H groups in total. The summed E-state index contributed by atoms with van der Waals surface area (Å²) in [7, 11) is -3.95. The Bertz CT molecular complexity index is 346. The fourth-order valence-corrected chi connectivity index (χ4v) is 2.51. The number of carbonyl (C=O) groups is 1. The molecule has 2 unspecified atom stereocenters. The second kappa shape index (κ2) is 2.45. The number of fused-ring (bicyclic) bond motifs is 1. The summed E-state index contributed by atoms with van der Waals surface area (Å²) in [6, 6.07) is 0. The van der Waals surface area contributed by atoms with Gasteiger partial charge in [0.1, 0.15) is 0 Å². The minimum atomic E-state index is -3.95. The van der Waals surface area contributed by atoms with Crippen LogP contribution in [-0.2, 0) is 19.6 Å². The van der Waals surface area contributed by atoms with E-state index in [1.54, 1.807) is 0 Å². The van der Waals surface area contributed by atoms with Crippen LogP contribution >= 0.6 is 0 Å². The third kappa shape index (κ3) is 1.44. The zero-order valence-electron chi connectivity index (χ0n) is 6.89. The Hall–Kier alpha value is -0.620. The molecule has 2 aliphatic rings. The summed E-state index contributed by atoms with van der Waals surface area (Å²) in [6.45, 7) is 0.407. The lowest BCUT2D eigenvalue weighted by Crippen LogP contribution is -2.18. The van der Waals surface area contributed by atoms with Gasteiger partial charge in [0.05, 0.1) is 17.8 Å². The van der Waals surface area contributed by atoms with Gasteiger partial charge in [-0.2, -0.15) is 8.42 Å². The minimum absolute atomic E-state index is 0.182. The van der Waals surface area contributed by atoms with Crippen LogP contribution in [0.1, 0.15) is 12.8 Å². The lowest BCUT2D eigenvalue weighted by molar-refractivity contribution is -0.144. The van der Waals surface area contributed by atoms with Crippen LogP contribution in [0, 0.1) is 11.3 Å². The van der Waals surface area contributed by atoms with E-state index < -0.39 is 15.5 Å². The average molecular weight is 206 g/mol. The van der Waals surface area contributed by atoms with Crippen LogP contribution in [0.2, 0.25) is 0 Å². The quantitative estimate of drug-likeness (QED) is 0.512. The van der Waals surface area contributed by atoms with E-state index in [2.05, 4.69) is 0 Å². The Labute approximate surface area is 75.8 Å². The molecule has 2 atom stereocenters.